The average molecular weight is 414 g/mol. The van der Waals surface area contributed by atoms with Crippen LogP contribution in [-0.4, -0.2) is 13.0 Å². The topological polar surface area (TPSA) is 86.7 Å². The van der Waals surface area contributed by atoms with Crippen LogP contribution in [0.5, 0.6) is 17.2 Å². The Labute approximate surface area is 190 Å². The van der Waals surface area contributed by atoms with Crippen molar-refractivity contribution < 1.29 is 52.4 Å². The molecule has 0 atom stereocenters. The van der Waals surface area contributed by atoms with Gasteiger partial charge in [0.25, 0.3) is 10.1 Å². The molecular weight excluding hydrogens is 387 g/mol. The van der Waals surface area contributed by atoms with E-state index in [0.29, 0.717) is 5.75 Å². The van der Waals surface area contributed by atoms with Crippen LogP contribution in [0.4, 0.5) is 0 Å². The Bertz CT molecular complexity index is 819. The number of benzene rings is 2. The molecule has 0 saturated heterocycles. The molecule has 0 aliphatic rings. The summed E-state index contributed by atoms with van der Waals surface area (Å²) in [5.41, 5.74) is 1.20. The summed E-state index contributed by atoms with van der Waals surface area (Å²) in [6, 6.07) is 11.2. The predicted octanol–water partition coefficient (Wildman–Crippen LogP) is 2.10. The van der Waals surface area contributed by atoms with Crippen LogP contribution in [0.3, 0.4) is 0 Å². The van der Waals surface area contributed by atoms with Gasteiger partial charge in [-0.3, -0.25) is 4.55 Å². The Balaban J connectivity index is 0.00000392. The van der Waals surface area contributed by atoms with Crippen LogP contribution in [-0.2, 0) is 16.5 Å². The van der Waals surface area contributed by atoms with E-state index in [0.717, 1.165) is 18.9 Å². The Morgan fingerprint density at radius 3 is 2.14 bits per heavy atom. The standard InChI is InChI=1S/C21H28O5S.Na/c1-2-3-4-5-6-7-8-10-17-13-15-18(16-14-17)26-19-11-9-12-20(21(19)22)27(23,24)25;/h9,11-16,22H,2-8,10H2,1H3,(H,23,24,25);/q;+1/p-1. The Morgan fingerprint density at radius 1 is 0.929 bits per heavy atom. The molecular formula is C21H27NaO5S. The van der Waals surface area contributed by atoms with E-state index < -0.39 is 20.8 Å². The van der Waals surface area contributed by atoms with Crippen LogP contribution in [0, 0.1) is 0 Å². The number of aryl methyl sites for hydroxylation is 1. The summed E-state index contributed by atoms with van der Waals surface area (Å²) in [4.78, 5) is -0.685. The maximum absolute atomic E-state index is 12.1. The summed E-state index contributed by atoms with van der Waals surface area (Å²) in [6.07, 6.45) is 9.86. The number of unbranched alkanes of at least 4 members (excludes halogenated alkanes) is 6. The number of rotatable bonds is 11. The second kappa shape index (κ2) is 12.5. The molecule has 0 spiro atoms. The first-order valence-electron chi connectivity index (χ1n) is 9.46. The van der Waals surface area contributed by atoms with Crippen molar-refractivity contribution in [3.05, 3.63) is 48.0 Å². The molecule has 0 radical (unpaired) electrons. The van der Waals surface area contributed by atoms with E-state index >= 15 is 0 Å². The predicted molar refractivity (Wildman–Crippen MR) is 104 cm³/mol. The molecule has 0 amide bonds. The number of hydrogen-bond donors (Lipinski definition) is 1. The van der Waals surface area contributed by atoms with Crippen molar-refractivity contribution in [1.29, 1.82) is 0 Å². The van der Waals surface area contributed by atoms with Crippen molar-refractivity contribution in [2.24, 2.45) is 0 Å². The first-order valence-corrected chi connectivity index (χ1v) is 10.9. The molecule has 0 aromatic heterocycles. The zero-order valence-electron chi connectivity index (χ0n) is 16.7. The molecule has 0 fully saturated rings. The van der Waals surface area contributed by atoms with Gasteiger partial charge in [-0.25, -0.2) is 0 Å². The zero-order valence-corrected chi connectivity index (χ0v) is 19.5. The van der Waals surface area contributed by atoms with Gasteiger partial charge >= 0.3 is 29.6 Å². The van der Waals surface area contributed by atoms with Gasteiger partial charge in [-0.1, -0.05) is 63.6 Å². The molecule has 2 aromatic carbocycles. The monoisotopic (exact) mass is 414 g/mol. The summed E-state index contributed by atoms with van der Waals surface area (Å²) in [6.45, 7) is 2.22. The maximum Gasteiger partial charge on any atom is 1.00 e. The number of ether oxygens (including phenoxy) is 1. The van der Waals surface area contributed by atoms with Crippen molar-refractivity contribution >= 4 is 10.1 Å². The van der Waals surface area contributed by atoms with E-state index in [-0.39, 0.29) is 35.3 Å². The van der Waals surface area contributed by atoms with Crippen molar-refractivity contribution in [2.45, 2.75) is 63.2 Å². The van der Waals surface area contributed by atoms with Gasteiger partial charge in [0.2, 0.25) is 0 Å². The fourth-order valence-electron chi connectivity index (χ4n) is 2.92. The van der Waals surface area contributed by atoms with E-state index in [1.165, 1.54) is 56.2 Å². The normalized spacial score (nSPS) is 11.1. The third-order valence-electron chi connectivity index (χ3n) is 4.44. The smallest absolute Gasteiger partial charge is 0.869 e. The molecule has 0 unspecified atom stereocenters. The number of para-hydroxylation sites is 1. The van der Waals surface area contributed by atoms with E-state index in [9.17, 15) is 13.5 Å². The molecule has 2 aromatic rings. The van der Waals surface area contributed by atoms with Crippen LogP contribution in [0.1, 0.15) is 57.4 Å². The number of hydrogen-bond acceptors (Lipinski definition) is 4. The van der Waals surface area contributed by atoms with Crippen molar-refractivity contribution in [1.82, 2.24) is 0 Å². The molecule has 148 valence electrons. The Morgan fingerprint density at radius 2 is 1.54 bits per heavy atom. The van der Waals surface area contributed by atoms with E-state index in [1.807, 2.05) is 12.1 Å². The minimum atomic E-state index is -4.57. The minimum Gasteiger partial charge on any atom is -0.869 e. The van der Waals surface area contributed by atoms with Crippen molar-refractivity contribution in [3.63, 3.8) is 0 Å². The quantitative estimate of drug-likeness (QED) is 0.346. The van der Waals surface area contributed by atoms with Gasteiger partial charge < -0.3 is 9.84 Å². The minimum absolute atomic E-state index is 0. The fraction of sp³-hybridized carbons (Fsp3) is 0.429. The van der Waals surface area contributed by atoms with E-state index in [1.54, 1.807) is 12.1 Å². The molecule has 0 saturated carbocycles. The summed E-state index contributed by atoms with van der Waals surface area (Å²) < 4.78 is 37.0. The molecule has 0 heterocycles. The van der Waals surface area contributed by atoms with Gasteiger partial charge in [0.15, 0.2) is 0 Å². The maximum atomic E-state index is 12.1. The van der Waals surface area contributed by atoms with Gasteiger partial charge in [-0.15, -0.1) is 0 Å². The molecule has 1 N–H and O–H groups in total. The molecule has 2 rings (SSSR count). The van der Waals surface area contributed by atoms with Gasteiger partial charge in [-0.2, -0.15) is 8.42 Å². The van der Waals surface area contributed by atoms with E-state index in [4.69, 9.17) is 9.29 Å². The van der Waals surface area contributed by atoms with Crippen molar-refractivity contribution in [3.8, 4) is 17.2 Å². The van der Waals surface area contributed by atoms with Crippen molar-refractivity contribution in [2.75, 3.05) is 0 Å². The average Bonchev–Trinajstić information content (AvgIpc) is 2.63. The van der Waals surface area contributed by atoms with Crippen LogP contribution < -0.4 is 39.4 Å². The molecule has 5 nitrogen and oxygen atoms in total. The SMILES string of the molecule is CCCCCCCCCc1ccc(Oc2cccc(S(=O)(=O)O)c2[O-])cc1.[Na+]. The molecule has 7 heteroatoms. The first-order chi connectivity index (χ1) is 12.9. The Kier molecular flexibility index (Phi) is 11.2. The third kappa shape index (κ3) is 8.13. The van der Waals surface area contributed by atoms with Crippen LogP contribution in [0.2, 0.25) is 0 Å². The van der Waals surface area contributed by atoms with E-state index in [2.05, 4.69) is 6.92 Å². The molecule has 0 aliphatic carbocycles. The zero-order chi connectivity index (χ0) is 19.7. The molecule has 0 aliphatic heterocycles. The van der Waals surface area contributed by atoms with Crippen LogP contribution in [0.15, 0.2) is 47.4 Å². The second-order valence-corrected chi connectivity index (χ2v) is 8.07. The second-order valence-electron chi connectivity index (χ2n) is 6.68. The van der Waals surface area contributed by atoms with Crippen LogP contribution >= 0.6 is 0 Å². The van der Waals surface area contributed by atoms with Gasteiger partial charge in [0.1, 0.15) is 11.5 Å². The summed E-state index contributed by atoms with van der Waals surface area (Å²) >= 11 is 0. The van der Waals surface area contributed by atoms with Crippen LogP contribution in [0.25, 0.3) is 0 Å². The summed E-state index contributed by atoms with van der Waals surface area (Å²) in [7, 11) is -4.57. The Hall–Kier alpha value is -1.05. The largest absolute Gasteiger partial charge is 1.00 e. The summed E-state index contributed by atoms with van der Waals surface area (Å²) in [5.74, 6) is -0.542. The third-order valence-corrected chi connectivity index (χ3v) is 5.32. The van der Waals surface area contributed by atoms with Gasteiger partial charge in [0, 0.05) is 0 Å². The summed E-state index contributed by atoms with van der Waals surface area (Å²) in [5, 5.41) is 12.1. The first kappa shape index (κ1) is 25.0. The molecule has 28 heavy (non-hydrogen) atoms. The fourth-order valence-corrected chi connectivity index (χ4v) is 3.50. The van der Waals surface area contributed by atoms with Gasteiger partial charge in [0.05, 0.1) is 4.90 Å². The molecule has 0 bridgehead atoms. The van der Waals surface area contributed by atoms with Gasteiger partial charge in [-0.05, 0) is 48.4 Å².